The molecule has 136 valence electrons. The summed E-state index contributed by atoms with van der Waals surface area (Å²) in [6, 6.07) is 11.4. The number of tetrazole rings is 1. The third-order valence-corrected chi connectivity index (χ3v) is 3.96. The van der Waals surface area contributed by atoms with Crippen molar-refractivity contribution in [2.75, 3.05) is 0 Å². The molecule has 0 saturated carbocycles. The van der Waals surface area contributed by atoms with Gasteiger partial charge in [0.15, 0.2) is 11.6 Å². The van der Waals surface area contributed by atoms with Crippen molar-refractivity contribution in [3.05, 3.63) is 59.4 Å². The molecular formula is C17H17N9O. The van der Waals surface area contributed by atoms with Crippen LogP contribution in [-0.2, 0) is 17.8 Å². The van der Waals surface area contributed by atoms with Gasteiger partial charge in [0, 0.05) is 11.4 Å². The van der Waals surface area contributed by atoms with Gasteiger partial charge in [-0.25, -0.2) is 9.50 Å². The van der Waals surface area contributed by atoms with Crippen molar-refractivity contribution in [1.82, 2.24) is 45.1 Å². The zero-order chi connectivity index (χ0) is 18.8. The number of nitrogens with one attached hydrogen (secondary N) is 1. The van der Waals surface area contributed by atoms with E-state index in [0.717, 1.165) is 17.1 Å². The number of benzene rings is 1. The van der Waals surface area contributed by atoms with Gasteiger partial charge in [-0.1, -0.05) is 18.2 Å². The van der Waals surface area contributed by atoms with E-state index in [0.29, 0.717) is 17.4 Å². The van der Waals surface area contributed by atoms with Crippen LogP contribution in [0.3, 0.4) is 0 Å². The minimum atomic E-state index is -0.220. The normalized spacial score (nSPS) is 11.0. The molecule has 10 nitrogen and oxygen atoms in total. The summed E-state index contributed by atoms with van der Waals surface area (Å²) in [5.74, 6) is 1.22. The minimum Gasteiger partial charge on any atom is -0.348 e. The maximum atomic E-state index is 12.3. The van der Waals surface area contributed by atoms with Gasteiger partial charge < -0.3 is 5.32 Å². The van der Waals surface area contributed by atoms with Gasteiger partial charge in [-0.15, -0.1) is 10.2 Å². The molecular weight excluding hydrogens is 346 g/mol. The van der Waals surface area contributed by atoms with Crippen molar-refractivity contribution in [1.29, 1.82) is 0 Å². The predicted octanol–water partition coefficient (Wildman–Crippen LogP) is 0.576. The van der Waals surface area contributed by atoms with Crippen LogP contribution in [0.2, 0.25) is 0 Å². The quantitative estimate of drug-likeness (QED) is 0.551. The molecule has 1 amide bonds. The minimum absolute atomic E-state index is 0.0503. The lowest BCUT2D eigenvalue weighted by Gasteiger charge is -2.05. The highest BCUT2D eigenvalue weighted by Gasteiger charge is 2.13. The summed E-state index contributed by atoms with van der Waals surface area (Å²) < 4.78 is 3.21. The van der Waals surface area contributed by atoms with E-state index in [1.165, 1.54) is 0 Å². The molecule has 27 heavy (non-hydrogen) atoms. The average molecular weight is 363 g/mol. The first kappa shape index (κ1) is 16.8. The van der Waals surface area contributed by atoms with E-state index in [1.54, 1.807) is 9.20 Å². The Morgan fingerprint density at radius 2 is 1.96 bits per heavy atom. The van der Waals surface area contributed by atoms with Crippen LogP contribution < -0.4 is 5.32 Å². The van der Waals surface area contributed by atoms with Crippen molar-refractivity contribution in [3.8, 4) is 5.69 Å². The fourth-order valence-electron chi connectivity index (χ4n) is 2.75. The average Bonchev–Trinajstić information content (AvgIpc) is 3.27. The number of rotatable bonds is 5. The fraction of sp³-hybridized carbons (Fsp3) is 0.235. The first-order valence-electron chi connectivity index (χ1n) is 8.39. The smallest absolute Gasteiger partial charge is 0.252 e. The highest BCUT2D eigenvalue weighted by Crippen LogP contribution is 2.08. The second-order valence-corrected chi connectivity index (χ2v) is 6.07. The van der Waals surface area contributed by atoms with E-state index >= 15 is 0 Å². The zero-order valence-corrected chi connectivity index (χ0v) is 14.9. The number of carbonyl (C=O) groups excluding carboxylic acids is 1. The number of para-hydroxylation sites is 1. The van der Waals surface area contributed by atoms with Gasteiger partial charge in [-0.3, -0.25) is 4.79 Å². The lowest BCUT2D eigenvalue weighted by atomic mass is 10.3. The number of amides is 1. The van der Waals surface area contributed by atoms with Gasteiger partial charge in [-0.2, -0.15) is 9.67 Å². The molecule has 10 heteroatoms. The van der Waals surface area contributed by atoms with Crippen LogP contribution in [0, 0.1) is 13.8 Å². The molecule has 3 heterocycles. The van der Waals surface area contributed by atoms with Gasteiger partial charge >= 0.3 is 0 Å². The lowest BCUT2D eigenvalue weighted by Crippen LogP contribution is -2.26. The van der Waals surface area contributed by atoms with E-state index in [9.17, 15) is 4.79 Å². The predicted molar refractivity (Wildman–Crippen MR) is 95.0 cm³/mol. The largest absolute Gasteiger partial charge is 0.348 e. The molecule has 0 unspecified atom stereocenters. The third kappa shape index (κ3) is 3.50. The van der Waals surface area contributed by atoms with E-state index < -0.39 is 0 Å². The van der Waals surface area contributed by atoms with Gasteiger partial charge in [0.05, 0.1) is 18.7 Å². The molecule has 1 N–H and O–H groups in total. The van der Waals surface area contributed by atoms with E-state index in [4.69, 9.17) is 0 Å². The highest BCUT2D eigenvalue weighted by atomic mass is 16.1. The molecule has 4 rings (SSSR count). The molecule has 0 fully saturated rings. The summed E-state index contributed by atoms with van der Waals surface area (Å²) in [6.45, 7) is 4.01. The Bertz CT molecular complexity index is 1100. The Balaban J connectivity index is 1.44. The molecule has 0 bridgehead atoms. The summed E-state index contributed by atoms with van der Waals surface area (Å²) in [6.07, 6.45) is 0.0503. The Labute approximate surface area is 154 Å². The summed E-state index contributed by atoms with van der Waals surface area (Å²) in [4.78, 5) is 20.9. The van der Waals surface area contributed by atoms with Crippen molar-refractivity contribution < 1.29 is 4.79 Å². The van der Waals surface area contributed by atoms with Gasteiger partial charge in [0.1, 0.15) is 0 Å². The summed E-state index contributed by atoms with van der Waals surface area (Å²) >= 11 is 0. The van der Waals surface area contributed by atoms with Crippen molar-refractivity contribution >= 4 is 11.7 Å². The maximum absolute atomic E-state index is 12.3. The number of aromatic nitrogens is 8. The Morgan fingerprint density at radius 3 is 2.78 bits per heavy atom. The van der Waals surface area contributed by atoms with Crippen LogP contribution >= 0.6 is 0 Å². The molecule has 0 radical (unpaired) electrons. The van der Waals surface area contributed by atoms with Crippen LogP contribution in [0.15, 0.2) is 36.4 Å². The molecule has 0 aliphatic heterocycles. The molecule has 0 aliphatic carbocycles. The second kappa shape index (κ2) is 6.90. The van der Waals surface area contributed by atoms with E-state index in [-0.39, 0.29) is 18.9 Å². The van der Waals surface area contributed by atoms with Crippen molar-refractivity contribution in [2.45, 2.75) is 26.8 Å². The van der Waals surface area contributed by atoms with Gasteiger partial charge in [0.2, 0.25) is 5.91 Å². The fourth-order valence-corrected chi connectivity index (χ4v) is 2.75. The summed E-state index contributed by atoms with van der Waals surface area (Å²) in [5.41, 5.74) is 2.60. The van der Waals surface area contributed by atoms with Crippen LogP contribution in [0.4, 0.5) is 0 Å². The zero-order valence-electron chi connectivity index (χ0n) is 14.9. The number of nitrogens with zero attached hydrogens (tertiary/aromatic N) is 8. The van der Waals surface area contributed by atoms with E-state index in [2.05, 4.69) is 35.9 Å². The monoisotopic (exact) mass is 363 g/mol. The molecule has 3 aromatic heterocycles. The molecule has 0 aliphatic rings. The topological polar surface area (TPSA) is 116 Å². The van der Waals surface area contributed by atoms with Crippen molar-refractivity contribution in [2.24, 2.45) is 0 Å². The van der Waals surface area contributed by atoms with Crippen LogP contribution in [0.5, 0.6) is 0 Å². The van der Waals surface area contributed by atoms with Crippen LogP contribution in [0.1, 0.15) is 23.0 Å². The SMILES string of the molecule is Cc1cc(C)n2nc(CC(=O)NCc3nnnn3-c3ccccc3)nc2n1. The number of hydrogen-bond donors (Lipinski definition) is 1. The second-order valence-electron chi connectivity index (χ2n) is 6.07. The molecule has 0 spiro atoms. The van der Waals surface area contributed by atoms with E-state index in [1.807, 2.05) is 50.2 Å². The number of hydrogen-bond acceptors (Lipinski definition) is 7. The van der Waals surface area contributed by atoms with Gasteiger partial charge in [-0.05, 0) is 42.5 Å². The number of carbonyl (C=O) groups is 1. The molecule has 4 aromatic rings. The Kier molecular flexibility index (Phi) is 4.29. The van der Waals surface area contributed by atoms with Gasteiger partial charge in [0.25, 0.3) is 5.78 Å². The van der Waals surface area contributed by atoms with Crippen molar-refractivity contribution in [3.63, 3.8) is 0 Å². The lowest BCUT2D eigenvalue weighted by molar-refractivity contribution is -0.120. The third-order valence-electron chi connectivity index (χ3n) is 3.96. The first-order valence-corrected chi connectivity index (χ1v) is 8.39. The standard InChI is InChI=1S/C17H17N9O/c1-11-8-12(2)25-17(19-11)20-14(22-25)9-16(27)18-10-15-21-23-24-26(15)13-6-4-3-5-7-13/h3-8H,9-10H2,1-2H3,(H,18,27). The molecule has 1 aromatic carbocycles. The maximum Gasteiger partial charge on any atom is 0.252 e. The molecule has 0 atom stereocenters. The Hall–Kier alpha value is -3.69. The van der Waals surface area contributed by atoms with Crippen LogP contribution in [-0.4, -0.2) is 45.7 Å². The number of fused-ring (bicyclic) bond motifs is 1. The number of aryl methyl sites for hydroxylation is 2. The summed E-state index contributed by atoms with van der Waals surface area (Å²) in [7, 11) is 0. The molecule has 0 saturated heterocycles. The Morgan fingerprint density at radius 1 is 1.15 bits per heavy atom. The summed E-state index contributed by atoms with van der Waals surface area (Å²) in [5, 5.41) is 18.8. The highest BCUT2D eigenvalue weighted by molar-refractivity contribution is 5.77. The van der Waals surface area contributed by atoms with Crippen LogP contribution in [0.25, 0.3) is 11.5 Å². The first-order chi connectivity index (χ1) is 13.1.